The van der Waals surface area contributed by atoms with Crippen LogP contribution in [-0.2, 0) is 0 Å². The molecule has 0 amide bonds. The second kappa shape index (κ2) is 5.76. The standard InChI is InChI=1S/C16H17BrO2/c1-10-6-11(2)8-12(7-10)16(18)14-5-4-13(19-3)9-15(14)17/h4-9,16,18H,1-3H3. The molecule has 0 aliphatic rings. The summed E-state index contributed by atoms with van der Waals surface area (Å²) in [5.74, 6) is 0.767. The molecular weight excluding hydrogens is 304 g/mol. The van der Waals surface area contributed by atoms with E-state index in [0.717, 1.165) is 32.5 Å². The van der Waals surface area contributed by atoms with Crippen molar-refractivity contribution >= 4 is 15.9 Å². The van der Waals surface area contributed by atoms with Crippen molar-refractivity contribution in [2.45, 2.75) is 20.0 Å². The van der Waals surface area contributed by atoms with Crippen LogP contribution in [0.1, 0.15) is 28.4 Å². The number of ether oxygens (including phenoxy) is 1. The van der Waals surface area contributed by atoms with Crippen molar-refractivity contribution in [1.82, 2.24) is 0 Å². The molecule has 2 nitrogen and oxygen atoms in total. The van der Waals surface area contributed by atoms with E-state index < -0.39 is 6.10 Å². The number of halogens is 1. The topological polar surface area (TPSA) is 29.5 Å². The fourth-order valence-corrected chi connectivity index (χ4v) is 2.78. The minimum absolute atomic E-state index is 0.640. The maximum atomic E-state index is 10.5. The molecule has 0 aliphatic heterocycles. The monoisotopic (exact) mass is 320 g/mol. The molecule has 0 aromatic heterocycles. The van der Waals surface area contributed by atoms with Crippen molar-refractivity contribution in [1.29, 1.82) is 0 Å². The number of hydrogen-bond acceptors (Lipinski definition) is 2. The SMILES string of the molecule is COc1ccc(C(O)c2cc(C)cc(C)c2)c(Br)c1. The first-order chi connectivity index (χ1) is 9.01. The summed E-state index contributed by atoms with van der Waals surface area (Å²) in [7, 11) is 1.63. The average Bonchev–Trinajstić information content (AvgIpc) is 2.36. The van der Waals surface area contributed by atoms with Crippen molar-refractivity contribution in [3.63, 3.8) is 0 Å². The highest BCUT2D eigenvalue weighted by Crippen LogP contribution is 2.32. The van der Waals surface area contributed by atoms with Crippen LogP contribution >= 0.6 is 15.9 Å². The number of benzene rings is 2. The van der Waals surface area contributed by atoms with Crippen molar-refractivity contribution in [2.75, 3.05) is 7.11 Å². The molecular formula is C16H17BrO2. The lowest BCUT2D eigenvalue weighted by Gasteiger charge is -2.15. The van der Waals surface area contributed by atoms with E-state index in [1.807, 2.05) is 44.2 Å². The number of rotatable bonds is 3. The van der Waals surface area contributed by atoms with Crippen LogP contribution in [0.5, 0.6) is 5.75 Å². The van der Waals surface area contributed by atoms with Crippen LogP contribution in [0.4, 0.5) is 0 Å². The molecule has 2 aromatic carbocycles. The number of methoxy groups -OCH3 is 1. The smallest absolute Gasteiger partial charge is 0.120 e. The van der Waals surface area contributed by atoms with Gasteiger partial charge in [-0.25, -0.2) is 0 Å². The van der Waals surface area contributed by atoms with E-state index >= 15 is 0 Å². The lowest BCUT2D eigenvalue weighted by molar-refractivity contribution is 0.219. The molecule has 1 atom stereocenters. The fourth-order valence-electron chi connectivity index (χ4n) is 2.20. The van der Waals surface area contributed by atoms with Crippen LogP contribution in [0.3, 0.4) is 0 Å². The van der Waals surface area contributed by atoms with E-state index in [4.69, 9.17) is 4.74 Å². The summed E-state index contributed by atoms with van der Waals surface area (Å²) in [5.41, 5.74) is 4.05. The zero-order chi connectivity index (χ0) is 14.0. The molecule has 0 radical (unpaired) electrons. The normalized spacial score (nSPS) is 12.3. The molecule has 2 rings (SSSR count). The Morgan fingerprint density at radius 2 is 1.68 bits per heavy atom. The van der Waals surface area contributed by atoms with Gasteiger partial charge < -0.3 is 9.84 Å². The van der Waals surface area contributed by atoms with Gasteiger partial charge in [-0.2, -0.15) is 0 Å². The lowest BCUT2D eigenvalue weighted by Crippen LogP contribution is -2.02. The maximum Gasteiger partial charge on any atom is 0.120 e. The van der Waals surface area contributed by atoms with E-state index in [2.05, 4.69) is 22.0 Å². The summed E-state index contributed by atoms with van der Waals surface area (Å²) in [6.45, 7) is 4.07. The molecule has 0 heterocycles. The summed E-state index contributed by atoms with van der Waals surface area (Å²) < 4.78 is 6.01. The van der Waals surface area contributed by atoms with E-state index in [-0.39, 0.29) is 0 Å². The number of aryl methyl sites for hydroxylation is 2. The molecule has 2 aromatic rings. The van der Waals surface area contributed by atoms with Gasteiger partial charge in [-0.05, 0) is 37.1 Å². The summed E-state index contributed by atoms with van der Waals surface area (Å²) in [6.07, 6.45) is -0.640. The molecule has 0 spiro atoms. The Kier molecular flexibility index (Phi) is 4.27. The number of aliphatic hydroxyl groups is 1. The van der Waals surface area contributed by atoms with Gasteiger partial charge in [-0.15, -0.1) is 0 Å². The zero-order valence-corrected chi connectivity index (χ0v) is 12.9. The molecule has 3 heteroatoms. The summed E-state index contributed by atoms with van der Waals surface area (Å²) in [5, 5.41) is 10.5. The third-order valence-electron chi connectivity index (χ3n) is 3.06. The highest BCUT2D eigenvalue weighted by atomic mass is 79.9. The van der Waals surface area contributed by atoms with Gasteiger partial charge in [0.05, 0.1) is 7.11 Å². The zero-order valence-electron chi connectivity index (χ0n) is 11.3. The summed E-state index contributed by atoms with van der Waals surface area (Å²) in [6, 6.07) is 11.7. The maximum absolute atomic E-state index is 10.5. The van der Waals surface area contributed by atoms with Gasteiger partial charge in [0.2, 0.25) is 0 Å². The largest absolute Gasteiger partial charge is 0.497 e. The first-order valence-electron chi connectivity index (χ1n) is 6.11. The van der Waals surface area contributed by atoms with Gasteiger partial charge in [-0.1, -0.05) is 51.3 Å². The summed E-state index contributed by atoms with van der Waals surface area (Å²) >= 11 is 3.48. The predicted molar refractivity (Wildman–Crippen MR) is 80.7 cm³/mol. The first kappa shape index (κ1) is 14.1. The number of hydrogen-bond donors (Lipinski definition) is 1. The van der Waals surface area contributed by atoms with E-state index in [1.54, 1.807) is 7.11 Å². The molecule has 0 aliphatic carbocycles. The van der Waals surface area contributed by atoms with Crippen molar-refractivity contribution in [2.24, 2.45) is 0 Å². The van der Waals surface area contributed by atoms with Crippen LogP contribution in [0.2, 0.25) is 0 Å². The molecule has 1 N–H and O–H groups in total. The quantitative estimate of drug-likeness (QED) is 0.920. The Morgan fingerprint density at radius 1 is 1.05 bits per heavy atom. The van der Waals surface area contributed by atoms with Gasteiger partial charge in [0, 0.05) is 4.47 Å². The highest BCUT2D eigenvalue weighted by molar-refractivity contribution is 9.10. The molecule has 0 fully saturated rings. The molecule has 0 saturated carbocycles. The third kappa shape index (κ3) is 3.17. The van der Waals surface area contributed by atoms with Crippen LogP contribution in [0.15, 0.2) is 40.9 Å². The van der Waals surface area contributed by atoms with Crippen LogP contribution in [-0.4, -0.2) is 12.2 Å². The van der Waals surface area contributed by atoms with Crippen molar-refractivity contribution < 1.29 is 9.84 Å². The molecule has 100 valence electrons. The van der Waals surface area contributed by atoms with Gasteiger partial charge in [0.1, 0.15) is 11.9 Å². The van der Waals surface area contributed by atoms with E-state index in [0.29, 0.717) is 0 Å². The Morgan fingerprint density at radius 3 is 2.21 bits per heavy atom. The molecule has 1 unspecified atom stereocenters. The van der Waals surface area contributed by atoms with E-state index in [9.17, 15) is 5.11 Å². The van der Waals surface area contributed by atoms with Gasteiger partial charge in [0.15, 0.2) is 0 Å². The average molecular weight is 321 g/mol. The van der Waals surface area contributed by atoms with Gasteiger partial charge in [0.25, 0.3) is 0 Å². The number of aliphatic hydroxyl groups excluding tert-OH is 1. The minimum Gasteiger partial charge on any atom is -0.497 e. The molecule has 0 bridgehead atoms. The Hall–Kier alpha value is -1.32. The summed E-state index contributed by atoms with van der Waals surface area (Å²) in [4.78, 5) is 0. The predicted octanol–water partition coefficient (Wildman–Crippen LogP) is 4.16. The fraction of sp³-hybridized carbons (Fsp3) is 0.250. The van der Waals surface area contributed by atoms with Crippen molar-refractivity contribution in [3.05, 3.63) is 63.1 Å². The molecule has 19 heavy (non-hydrogen) atoms. The van der Waals surface area contributed by atoms with Crippen LogP contribution in [0, 0.1) is 13.8 Å². The van der Waals surface area contributed by atoms with Gasteiger partial charge >= 0.3 is 0 Å². The minimum atomic E-state index is -0.640. The Balaban J connectivity index is 2.40. The van der Waals surface area contributed by atoms with Crippen LogP contribution < -0.4 is 4.74 Å². The van der Waals surface area contributed by atoms with Crippen LogP contribution in [0.25, 0.3) is 0 Å². The first-order valence-corrected chi connectivity index (χ1v) is 6.90. The van der Waals surface area contributed by atoms with Gasteiger partial charge in [-0.3, -0.25) is 0 Å². The second-order valence-corrected chi connectivity index (χ2v) is 5.57. The second-order valence-electron chi connectivity index (χ2n) is 4.71. The van der Waals surface area contributed by atoms with E-state index in [1.165, 1.54) is 0 Å². The molecule has 0 saturated heterocycles. The highest BCUT2D eigenvalue weighted by Gasteiger charge is 2.14. The Labute approximate surface area is 122 Å². The third-order valence-corrected chi connectivity index (χ3v) is 3.75. The lowest BCUT2D eigenvalue weighted by atomic mass is 9.98. The van der Waals surface area contributed by atoms with Crippen molar-refractivity contribution in [3.8, 4) is 5.75 Å². The Bertz CT molecular complexity index is 573.